The quantitative estimate of drug-likeness (QED) is 0.319. The predicted octanol–water partition coefficient (Wildman–Crippen LogP) is 6.42. The Morgan fingerprint density at radius 2 is 1.54 bits per heavy atom. The summed E-state index contributed by atoms with van der Waals surface area (Å²) in [6.45, 7) is 11.2. The average Bonchev–Trinajstić information content (AvgIpc) is 3.73. The van der Waals surface area contributed by atoms with Crippen LogP contribution in [0.25, 0.3) is 0 Å². The van der Waals surface area contributed by atoms with Crippen LogP contribution < -0.4 is 10.6 Å². The number of aryl methyl sites for hydroxylation is 3. The average molecular weight is 556 g/mol. The highest BCUT2D eigenvalue weighted by molar-refractivity contribution is 6.00. The van der Waals surface area contributed by atoms with Crippen LogP contribution in [0.15, 0.2) is 72.8 Å². The number of ether oxygens (including phenoxy) is 1. The molecule has 3 aromatic rings. The van der Waals surface area contributed by atoms with E-state index in [1.54, 1.807) is 25.7 Å². The third-order valence-electron chi connectivity index (χ3n) is 7.08. The van der Waals surface area contributed by atoms with E-state index in [1.165, 1.54) is 0 Å². The number of amides is 3. The van der Waals surface area contributed by atoms with Gasteiger partial charge in [0.05, 0.1) is 0 Å². The predicted molar refractivity (Wildman–Crippen MR) is 162 cm³/mol. The number of para-hydroxylation sites is 1. The number of rotatable bonds is 9. The van der Waals surface area contributed by atoms with Crippen molar-refractivity contribution in [2.45, 2.75) is 84.5 Å². The minimum atomic E-state index is -0.923. The molecule has 0 spiro atoms. The van der Waals surface area contributed by atoms with Gasteiger partial charge in [-0.2, -0.15) is 0 Å². The third-order valence-corrected chi connectivity index (χ3v) is 7.08. The third kappa shape index (κ3) is 7.97. The zero-order chi connectivity index (χ0) is 29.7. The number of carbonyl (C=O) groups is 3. The molecule has 7 heteroatoms. The van der Waals surface area contributed by atoms with Crippen LogP contribution in [0.4, 0.5) is 10.5 Å². The van der Waals surface area contributed by atoms with Crippen molar-refractivity contribution in [3.63, 3.8) is 0 Å². The van der Waals surface area contributed by atoms with Gasteiger partial charge in [0.25, 0.3) is 5.91 Å². The minimum Gasteiger partial charge on any atom is -0.444 e. The van der Waals surface area contributed by atoms with Gasteiger partial charge in [-0.05, 0) is 76.6 Å². The Morgan fingerprint density at radius 1 is 0.902 bits per heavy atom. The van der Waals surface area contributed by atoms with Crippen LogP contribution in [0.2, 0.25) is 0 Å². The first-order chi connectivity index (χ1) is 19.4. The number of alkyl carbamates (subject to hydrolysis) is 1. The largest absolute Gasteiger partial charge is 0.444 e. The highest BCUT2D eigenvalue weighted by atomic mass is 16.6. The Morgan fingerprint density at radius 3 is 2.12 bits per heavy atom. The first kappa shape index (κ1) is 29.8. The highest BCUT2D eigenvalue weighted by Gasteiger charge is 2.44. The smallest absolute Gasteiger partial charge is 0.408 e. The van der Waals surface area contributed by atoms with Gasteiger partial charge in [0, 0.05) is 18.2 Å². The van der Waals surface area contributed by atoms with Gasteiger partial charge in [-0.25, -0.2) is 4.79 Å². The SMILES string of the molecule is Cc1cccc(C(C(=O)Nc2c(C)cccc2C)N(C(=O)C(Cc2ccccc2)NC(=O)OC(C)(C)C)C2CC2)c1. The zero-order valence-corrected chi connectivity index (χ0v) is 24.9. The molecule has 2 unspecified atom stereocenters. The van der Waals surface area contributed by atoms with Gasteiger partial charge in [0.1, 0.15) is 17.7 Å². The van der Waals surface area contributed by atoms with Crippen LogP contribution >= 0.6 is 0 Å². The maximum absolute atomic E-state index is 14.5. The van der Waals surface area contributed by atoms with Gasteiger partial charge in [-0.3, -0.25) is 9.59 Å². The lowest BCUT2D eigenvalue weighted by molar-refractivity contribution is -0.141. The van der Waals surface area contributed by atoms with Crippen molar-refractivity contribution in [2.75, 3.05) is 5.32 Å². The molecular formula is C34H41N3O4. The summed E-state index contributed by atoms with van der Waals surface area (Å²) in [6, 6.07) is 21.2. The Kier molecular flexibility index (Phi) is 9.16. The van der Waals surface area contributed by atoms with Crippen molar-refractivity contribution in [2.24, 2.45) is 0 Å². The molecule has 7 nitrogen and oxygen atoms in total. The standard InChI is InChI=1S/C34H41N3O4/c1-22-12-10-17-26(20-22)30(31(38)36-29-23(2)13-11-14-24(29)3)37(27-18-19-27)32(39)28(21-25-15-8-7-9-16-25)35-33(40)41-34(4,5)6/h7-17,20,27-28,30H,18-19,21H2,1-6H3,(H,35,40)(H,36,38). The maximum Gasteiger partial charge on any atom is 0.408 e. The summed E-state index contributed by atoms with van der Waals surface area (Å²) >= 11 is 0. The molecule has 41 heavy (non-hydrogen) atoms. The molecule has 0 saturated heterocycles. The van der Waals surface area contributed by atoms with E-state index in [1.807, 2.05) is 93.6 Å². The van der Waals surface area contributed by atoms with Gasteiger partial charge in [-0.1, -0.05) is 78.4 Å². The van der Waals surface area contributed by atoms with Gasteiger partial charge in [-0.15, -0.1) is 0 Å². The topological polar surface area (TPSA) is 87.7 Å². The summed E-state index contributed by atoms with van der Waals surface area (Å²) < 4.78 is 5.53. The van der Waals surface area contributed by atoms with Crippen molar-refractivity contribution >= 4 is 23.6 Å². The van der Waals surface area contributed by atoms with E-state index >= 15 is 0 Å². The fourth-order valence-corrected chi connectivity index (χ4v) is 5.03. The van der Waals surface area contributed by atoms with Crippen molar-refractivity contribution in [1.82, 2.24) is 10.2 Å². The molecule has 0 aromatic heterocycles. The Bertz CT molecular complexity index is 1370. The van der Waals surface area contributed by atoms with Crippen LogP contribution in [0, 0.1) is 20.8 Å². The molecule has 1 aliphatic rings. The normalized spacial score (nSPS) is 14.5. The van der Waals surface area contributed by atoms with Gasteiger partial charge < -0.3 is 20.3 Å². The monoisotopic (exact) mass is 555 g/mol. The molecule has 2 N–H and O–H groups in total. The minimum absolute atomic E-state index is 0.115. The van der Waals surface area contributed by atoms with Crippen LogP contribution in [0.1, 0.15) is 67.5 Å². The molecule has 0 heterocycles. The van der Waals surface area contributed by atoms with Gasteiger partial charge in [0.15, 0.2) is 0 Å². The number of hydrogen-bond acceptors (Lipinski definition) is 4. The molecule has 2 atom stereocenters. The highest BCUT2D eigenvalue weighted by Crippen LogP contribution is 2.37. The molecule has 3 aromatic carbocycles. The molecule has 216 valence electrons. The zero-order valence-electron chi connectivity index (χ0n) is 24.9. The fraction of sp³-hybridized carbons (Fsp3) is 0.382. The number of nitrogens with zero attached hydrogens (tertiary/aromatic N) is 1. The van der Waals surface area contributed by atoms with Gasteiger partial charge in [0.2, 0.25) is 5.91 Å². The molecule has 1 fully saturated rings. The number of nitrogens with one attached hydrogen (secondary N) is 2. The summed E-state index contributed by atoms with van der Waals surface area (Å²) in [5, 5.41) is 5.96. The molecule has 1 saturated carbocycles. The van der Waals surface area contributed by atoms with Crippen molar-refractivity contribution in [3.8, 4) is 0 Å². The van der Waals surface area contributed by atoms with E-state index in [0.717, 1.165) is 46.3 Å². The fourth-order valence-electron chi connectivity index (χ4n) is 5.03. The molecule has 0 bridgehead atoms. The first-order valence-corrected chi connectivity index (χ1v) is 14.2. The van der Waals surface area contributed by atoms with Crippen LogP contribution in [-0.2, 0) is 20.7 Å². The van der Waals surface area contributed by atoms with Gasteiger partial charge >= 0.3 is 6.09 Å². The first-order valence-electron chi connectivity index (χ1n) is 14.2. The summed E-state index contributed by atoms with van der Waals surface area (Å²) in [5.41, 5.74) is 4.51. The second-order valence-electron chi connectivity index (χ2n) is 11.9. The number of benzene rings is 3. The Hall–Kier alpha value is -4.13. The Labute approximate surface area is 243 Å². The second-order valence-corrected chi connectivity index (χ2v) is 11.9. The molecule has 3 amide bonds. The molecule has 0 radical (unpaired) electrons. The van der Waals surface area contributed by atoms with E-state index in [4.69, 9.17) is 4.74 Å². The lowest BCUT2D eigenvalue weighted by Crippen LogP contribution is -2.54. The summed E-state index contributed by atoms with van der Waals surface area (Å²) in [7, 11) is 0. The Balaban J connectivity index is 1.74. The van der Waals surface area contributed by atoms with Crippen molar-refractivity contribution in [3.05, 3.63) is 101 Å². The molecule has 4 rings (SSSR count). The summed E-state index contributed by atoms with van der Waals surface area (Å²) in [6.07, 6.45) is 1.17. The van der Waals surface area contributed by atoms with Crippen LogP contribution in [0.3, 0.4) is 0 Å². The van der Waals surface area contributed by atoms with Crippen molar-refractivity contribution in [1.29, 1.82) is 0 Å². The molecular weight excluding hydrogens is 514 g/mol. The van der Waals surface area contributed by atoms with Crippen LogP contribution in [-0.4, -0.2) is 40.5 Å². The van der Waals surface area contributed by atoms with E-state index in [2.05, 4.69) is 10.6 Å². The summed E-state index contributed by atoms with van der Waals surface area (Å²) in [4.78, 5) is 43.3. The van der Waals surface area contributed by atoms with E-state index in [9.17, 15) is 14.4 Å². The number of anilines is 1. The number of carbonyl (C=O) groups excluding carboxylic acids is 3. The van der Waals surface area contributed by atoms with Crippen molar-refractivity contribution < 1.29 is 19.1 Å². The number of hydrogen-bond donors (Lipinski definition) is 2. The lowest BCUT2D eigenvalue weighted by Gasteiger charge is -2.35. The van der Waals surface area contributed by atoms with Crippen LogP contribution in [0.5, 0.6) is 0 Å². The second kappa shape index (κ2) is 12.6. The molecule has 0 aliphatic heterocycles. The molecule has 1 aliphatic carbocycles. The van der Waals surface area contributed by atoms with E-state index in [-0.39, 0.29) is 24.3 Å². The lowest BCUT2D eigenvalue weighted by atomic mass is 9.98. The van der Waals surface area contributed by atoms with E-state index in [0.29, 0.717) is 0 Å². The summed E-state index contributed by atoms with van der Waals surface area (Å²) in [5.74, 6) is -0.602. The maximum atomic E-state index is 14.5. The van der Waals surface area contributed by atoms with E-state index < -0.39 is 23.8 Å².